The lowest BCUT2D eigenvalue weighted by Gasteiger charge is -2.27. The van der Waals surface area contributed by atoms with Crippen molar-refractivity contribution >= 4 is 23.2 Å². The Morgan fingerprint density at radius 2 is 1.43 bits per heavy atom. The molecule has 2 aromatic rings. The number of aryl methyl sites for hydroxylation is 2. The van der Waals surface area contributed by atoms with Gasteiger partial charge in [0.05, 0.1) is 11.6 Å². The fraction of sp³-hybridized carbons (Fsp3) is 0.348. The number of rotatable bonds is 4. The standard InChI is InChI=1S/C23H25N3O2/c1-15-6-11-21(12-16(15)2)26-23(28)19-9-7-18(8-10-19)22(27)25-20-5-3-4-17(13-20)14-24/h3-6,11-13,18-19H,7-10H2,1-2H3,(H,25,27)(H,26,28). The van der Waals surface area contributed by atoms with Crippen LogP contribution in [0.1, 0.15) is 42.4 Å². The highest BCUT2D eigenvalue weighted by molar-refractivity contribution is 5.94. The highest BCUT2D eigenvalue weighted by atomic mass is 16.2. The average molecular weight is 375 g/mol. The van der Waals surface area contributed by atoms with Gasteiger partial charge in [-0.1, -0.05) is 12.1 Å². The van der Waals surface area contributed by atoms with Gasteiger partial charge in [-0.15, -0.1) is 0 Å². The lowest BCUT2D eigenvalue weighted by atomic mass is 9.81. The number of carbonyl (C=O) groups excluding carboxylic acids is 2. The van der Waals surface area contributed by atoms with Crippen molar-refractivity contribution in [3.05, 3.63) is 59.2 Å². The van der Waals surface area contributed by atoms with Crippen molar-refractivity contribution < 1.29 is 9.59 Å². The number of amides is 2. The second kappa shape index (κ2) is 8.71. The van der Waals surface area contributed by atoms with Crippen molar-refractivity contribution in [2.24, 2.45) is 11.8 Å². The summed E-state index contributed by atoms with van der Waals surface area (Å²) in [5.41, 5.74) is 4.33. The van der Waals surface area contributed by atoms with E-state index in [1.807, 2.05) is 32.0 Å². The molecule has 1 aliphatic rings. The van der Waals surface area contributed by atoms with Gasteiger partial charge in [-0.25, -0.2) is 0 Å². The van der Waals surface area contributed by atoms with E-state index in [9.17, 15) is 9.59 Å². The molecule has 1 aliphatic carbocycles. The molecule has 1 saturated carbocycles. The predicted octanol–water partition coefficient (Wildman–Crippen LogP) is 4.56. The molecule has 0 heterocycles. The molecule has 0 bridgehead atoms. The number of carbonyl (C=O) groups is 2. The van der Waals surface area contributed by atoms with Crippen LogP contribution in [0.15, 0.2) is 42.5 Å². The van der Waals surface area contributed by atoms with Crippen LogP contribution >= 0.6 is 0 Å². The molecule has 2 aromatic carbocycles. The summed E-state index contributed by atoms with van der Waals surface area (Å²) in [5, 5.41) is 14.9. The van der Waals surface area contributed by atoms with Crippen molar-refractivity contribution in [2.45, 2.75) is 39.5 Å². The van der Waals surface area contributed by atoms with E-state index in [1.54, 1.807) is 24.3 Å². The van der Waals surface area contributed by atoms with Crippen molar-refractivity contribution in [3.63, 3.8) is 0 Å². The van der Waals surface area contributed by atoms with E-state index in [0.717, 1.165) is 11.3 Å². The minimum absolute atomic E-state index is 0.0313. The van der Waals surface area contributed by atoms with Crippen molar-refractivity contribution in [3.8, 4) is 6.07 Å². The lowest BCUT2D eigenvalue weighted by Crippen LogP contribution is -2.32. The highest BCUT2D eigenvalue weighted by Gasteiger charge is 2.30. The molecule has 0 atom stereocenters. The second-order valence-corrected chi connectivity index (χ2v) is 7.52. The van der Waals surface area contributed by atoms with Crippen LogP contribution in [0.2, 0.25) is 0 Å². The van der Waals surface area contributed by atoms with Crippen molar-refractivity contribution in [2.75, 3.05) is 10.6 Å². The first-order valence-corrected chi connectivity index (χ1v) is 9.65. The number of anilines is 2. The first kappa shape index (κ1) is 19.6. The van der Waals surface area contributed by atoms with Crippen LogP contribution in [-0.2, 0) is 9.59 Å². The van der Waals surface area contributed by atoms with Gasteiger partial charge in [0.25, 0.3) is 0 Å². The molecule has 0 unspecified atom stereocenters. The van der Waals surface area contributed by atoms with E-state index in [1.165, 1.54) is 5.56 Å². The molecule has 0 saturated heterocycles. The Hall–Kier alpha value is -3.13. The molecule has 28 heavy (non-hydrogen) atoms. The second-order valence-electron chi connectivity index (χ2n) is 7.52. The van der Waals surface area contributed by atoms with Gasteiger partial charge in [0, 0.05) is 23.2 Å². The highest BCUT2D eigenvalue weighted by Crippen LogP contribution is 2.31. The first-order chi connectivity index (χ1) is 13.5. The number of hydrogen-bond donors (Lipinski definition) is 2. The van der Waals surface area contributed by atoms with Crippen LogP contribution in [-0.4, -0.2) is 11.8 Å². The largest absolute Gasteiger partial charge is 0.326 e. The van der Waals surface area contributed by atoms with E-state index in [0.29, 0.717) is 36.9 Å². The molecule has 144 valence electrons. The summed E-state index contributed by atoms with van der Waals surface area (Å²) in [4.78, 5) is 25.1. The van der Waals surface area contributed by atoms with Crippen molar-refractivity contribution in [1.82, 2.24) is 0 Å². The summed E-state index contributed by atoms with van der Waals surface area (Å²) in [6.45, 7) is 4.07. The van der Waals surface area contributed by atoms with Crippen LogP contribution < -0.4 is 10.6 Å². The smallest absolute Gasteiger partial charge is 0.227 e. The third-order valence-electron chi connectivity index (χ3n) is 5.50. The summed E-state index contributed by atoms with van der Waals surface area (Å²) in [7, 11) is 0. The van der Waals surface area contributed by atoms with Gasteiger partial charge in [0.1, 0.15) is 0 Å². The normalized spacial score (nSPS) is 18.8. The van der Waals surface area contributed by atoms with Gasteiger partial charge in [0.2, 0.25) is 11.8 Å². The first-order valence-electron chi connectivity index (χ1n) is 9.65. The van der Waals surface area contributed by atoms with Gasteiger partial charge in [-0.3, -0.25) is 9.59 Å². The molecule has 0 radical (unpaired) electrons. The molecule has 0 aromatic heterocycles. The van der Waals surface area contributed by atoms with E-state index in [4.69, 9.17) is 5.26 Å². The third-order valence-corrected chi connectivity index (χ3v) is 5.50. The Morgan fingerprint density at radius 3 is 1.96 bits per heavy atom. The van der Waals surface area contributed by atoms with E-state index in [2.05, 4.69) is 16.7 Å². The van der Waals surface area contributed by atoms with E-state index >= 15 is 0 Å². The molecule has 1 fully saturated rings. The molecule has 5 nitrogen and oxygen atoms in total. The quantitative estimate of drug-likeness (QED) is 0.822. The fourth-order valence-electron chi connectivity index (χ4n) is 3.59. The SMILES string of the molecule is Cc1ccc(NC(=O)C2CCC(C(=O)Nc3cccc(C#N)c3)CC2)cc1C. The summed E-state index contributed by atoms with van der Waals surface area (Å²) in [5.74, 6) is -0.170. The summed E-state index contributed by atoms with van der Waals surface area (Å²) >= 11 is 0. The fourth-order valence-corrected chi connectivity index (χ4v) is 3.59. The zero-order chi connectivity index (χ0) is 20.1. The number of nitrogens with one attached hydrogen (secondary N) is 2. The molecule has 5 heteroatoms. The molecule has 2 N–H and O–H groups in total. The average Bonchev–Trinajstić information content (AvgIpc) is 2.71. The van der Waals surface area contributed by atoms with Gasteiger partial charge in [-0.05, 0) is 81.0 Å². The van der Waals surface area contributed by atoms with Crippen molar-refractivity contribution in [1.29, 1.82) is 5.26 Å². The van der Waals surface area contributed by atoms with Gasteiger partial charge in [-0.2, -0.15) is 5.26 Å². The minimum atomic E-state index is -0.101. The Labute approximate surface area is 165 Å². The van der Waals surface area contributed by atoms with E-state index < -0.39 is 0 Å². The zero-order valence-corrected chi connectivity index (χ0v) is 16.3. The van der Waals surface area contributed by atoms with Crippen LogP contribution in [0, 0.1) is 37.0 Å². The van der Waals surface area contributed by atoms with Crippen LogP contribution in [0.25, 0.3) is 0 Å². The van der Waals surface area contributed by atoms with Crippen LogP contribution in [0.3, 0.4) is 0 Å². The summed E-state index contributed by atoms with van der Waals surface area (Å²) in [6, 6.07) is 14.9. The monoisotopic (exact) mass is 375 g/mol. The van der Waals surface area contributed by atoms with Crippen LogP contribution in [0.5, 0.6) is 0 Å². The topological polar surface area (TPSA) is 82.0 Å². The number of nitrogens with zero attached hydrogens (tertiary/aromatic N) is 1. The Morgan fingerprint density at radius 1 is 0.857 bits per heavy atom. The molecular weight excluding hydrogens is 350 g/mol. The maximum absolute atomic E-state index is 12.6. The predicted molar refractivity (Wildman–Crippen MR) is 110 cm³/mol. The Kier molecular flexibility index (Phi) is 6.10. The molecular formula is C23H25N3O2. The third kappa shape index (κ3) is 4.77. The van der Waals surface area contributed by atoms with Gasteiger partial charge in [0.15, 0.2) is 0 Å². The lowest BCUT2D eigenvalue weighted by molar-refractivity contribution is -0.125. The molecule has 3 rings (SSSR count). The number of benzene rings is 2. The summed E-state index contributed by atoms with van der Waals surface area (Å²) < 4.78 is 0. The van der Waals surface area contributed by atoms with E-state index in [-0.39, 0.29) is 23.7 Å². The number of hydrogen-bond acceptors (Lipinski definition) is 3. The number of nitriles is 1. The molecule has 0 spiro atoms. The van der Waals surface area contributed by atoms with Gasteiger partial charge >= 0.3 is 0 Å². The molecule has 2 amide bonds. The Balaban J connectivity index is 1.51. The van der Waals surface area contributed by atoms with Crippen LogP contribution in [0.4, 0.5) is 11.4 Å². The molecule has 0 aliphatic heterocycles. The minimum Gasteiger partial charge on any atom is -0.326 e. The summed E-state index contributed by atoms with van der Waals surface area (Å²) in [6.07, 6.45) is 2.78. The van der Waals surface area contributed by atoms with Gasteiger partial charge < -0.3 is 10.6 Å². The maximum Gasteiger partial charge on any atom is 0.227 e. The maximum atomic E-state index is 12.6. The Bertz CT molecular complexity index is 922. The zero-order valence-electron chi connectivity index (χ0n) is 16.3.